The number of carbonyl (C=O) groups excluding carboxylic acids is 2. The molecule has 1 aliphatic rings. The lowest BCUT2D eigenvalue weighted by Gasteiger charge is -2.23. The second kappa shape index (κ2) is 11.0. The number of carbonyl (C=O) groups is 2. The van der Waals surface area contributed by atoms with E-state index in [4.69, 9.17) is 16.3 Å². The van der Waals surface area contributed by atoms with E-state index in [2.05, 4.69) is 5.10 Å². The molecule has 7 nitrogen and oxygen atoms in total. The van der Waals surface area contributed by atoms with Gasteiger partial charge in [0.15, 0.2) is 0 Å². The lowest BCUT2D eigenvalue weighted by atomic mass is 10.1. The van der Waals surface area contributed by atoms with Gasteiger partial charge in [-0.25, -0.2) is 0 Å². The first kappa shape index (κ1) is 22.2. The highest BCUT2D eigenvalue weighted by Gasteiger charge is 2.19. The molecule has 30 heavy (non-hydrogen) atoms. The van der Waals surface area contributed by atoms with Crippen LogP contribution in [0, 0.1) is 0 Å². The van der Waals surface area contributed by atoms with E-state index < -0.39 is 0 Å². The Morgan fingerprint density at radius 2 is 2.00 bits per heavy atom. The molecule has 0 aliphatic carbocycles. The largest absolute Gasteiger partial charge is 0.493 e. The fourth-order valence-corrected chi connectivity index (χ4v) is 3.71. The Morgan fingerprint density at radius 1 is 1.20 bits per heavy atom. The van der Waals surface area contributed by atoms with Gasteiger partial charge in [-0.3, -0.25) is 14.3 Å². The Kier molecular flexibility index (Phi) is 8.13. The Morgan fingerprint density at radius 3 is 2.80 bits per heavy atom. The summed E-state index contributed by atoms with van der Waals surface area (Å²) in [5.41, 5.74) is 0.482. The van der Waals surface area contributed by atoms with Gasteiger partial charge < -0.3 is 14.5 Å². The highest BCUT2D eigenvalue weighted by Crippen LogP contribution is 2.25. The number of ether oxygens (including phenoxy) is 1. The molecule has 0 atom stereocenters. The lowest BCUT2D eigenvalue weighted by molar-refractivity contribution is -0.131. The van der Waals surface area contributed by atoms with Crippen LogP contribution in [0.5, 0.6) is 5.75 Å². The second-order valence-corrected chi connectivity index (χ2v) is 7.97. The van der Waals surface area contributed by atoms with Gasteiger partial charge in [-0.1, -0.05) is 11.6 Å². The molecule has 0 radical (unpaired) electrons. The van der Waals surface area contributed by atoms with Crippen LogP contribution in [-0.4, -0.2) is 64.7 Å². The zero-order valence-corrected chi connectivity index (χ0v) is 18.2. The van der Waals surface area contributed by atoms with Crippen LogP contribution in [0.3, 0.4) is 0 Å². The number of aromatic nitrogens is 2. The third kappa shape index (κ3) is 6.23. The van der Waals surface area contributed by atoms with Crippen molar-refractivity contribution in [2.75, 3.05) is 33.3 Å². The first-order valence-corrected chi connectivity index (χ1v) is 10.9. The zero-order valence-electron chi connectivity index (χ0n) is 17.4. The topological polar surface area (TPSA) is 67.7 Å². The van der Waals surface area contributed by atoms with Gasteiger partial charge in [0, 0.05) is 57.1 Å². The van der Waals surface area contributed by atoms with E-state index >= 15 is 0 Å². The van der Waals surface area contributed by atoms with E-state index in [1.165, 1.54) is 0 Å². The Bertz CT molecular complexity index is 841. The Labute approximate surface area is 182 Å². The fraction of sp³-hybridized carbons (Fsp3) is 0.500. The highest BCUT2D eigenvalue weighted by molar-refractivity contribution is 6.31. The number of hydrogen-bond donors (Lipinski definition) is 0. The molecular weight excluding hydrogens is 404 g/mol. The molecule has 0 saturated carbocycles. The van der Waals surface area contributed by atoms with Crippen molar-refractivity contribution in [2.24, 2.45) is 0 Å². The molecule has 0 saturated heterocycles. The van der Waals surface area contributed by atoms with E-state index in [0.29, 0.717) is 55.4 Å². The molecule has 1 aromatic carbocycles. The van der Waals surface area contributed by atoms with Gasteiger partial charge in [0.05, 0.1) is 12.2 Å². The molecule has 2 aromatic rings. The van der Waals surface area contributed by atoms with Crippen molar-refractivity contribution in [3.63, 3.8) is 0 Å². The molecular formula is C22H29ClN4O3. The number of amides is 2. The van der Waals surface area contributed by atoms with Crippen LogP contribution in [0.15, 0.2) is 36.7 Å². The Hall–Kier alpha value is -2.54. The molecule has 1 aliphatic heterocycles. The third-order valence-corrected chi connectivity index (χ3v) is 5.45. The minimum absolute atomic E-state index is 0.0988. The number of nitrogens with zero attached hydrogens (tertiary/aromatic N) is 4. The van der Waals surface area contributed by atoms with Crippen molar-refractivity contribution < 1.29 is 14.3 Å². The summed E-state index contributed by atoms with van der Waals surface area (Å²) >= 11 is 6.09. The molecule has 0 fully saturated rings. The highest BCUT2D eigenvalue weighted by atomic mass is 35.5. The normalized spacial score (nSPS) is 16.1. The van der Waals surface area contributed by atoms with Crippen LogP contribution < -0.4 is 4.74 Å². The monoisotopic (exact) mass is 432 g/mol. The summed E-state index contributed by atoms with van der Waals surface area (Å²) in [6.07, 6.45) is 7.30. The minimum Gasteiger partial charge on any atom is -0.493 e. The SMILES string of the molecule is CN1CCCCN(C(=O)CCCn2cccn2)CCCOc2ccc(Cl)cc2C1=O. The summed E-state index contributed by atoms with van der Waals surface area (Å²) in [5.74, 6) is 0.597. The molecule has 0 bridgehead atoms. The van der Waals surface area contributed by atoms with E-state index in [1.807, 2.05) is 21.8 Å². The van der Waals surface area contributed by atoms with Crippen LogP contribution in [0.4, 0.5) is 0 Å². The van der Waals surface area contributed by atoms with Gasteiger partial charge in [-0.05, 0) is 49.9 Å². The fourth-order valence-electron chi connectivity index (χ4n) is 3.54. The molecule has 3 rings (SSSR count). The second-order valence-electron chi connectivity index (χ2n) is 7.53. The maximum absolute atomic E-state index is 12.8. The molecule has 2 heterocycles. The Balaban J connectivity index is 1.60. The number of fused-ring (bicyclic) bond motifs is 1. The van der Waals surface area contributed by atoms with E-state index in [0.717, 1.165) is 25.8 Å². The molecule has 8 heteroatoms. The van der Waals surface area contributed by atoms with Crippen LogP contribution in [0.25, 0.3) is 0 Å². The maximum Gasteiger partial charge on any atom is 0.257 e. The number of halogens is 1. The molecule has 0 spiro atoms. The first-order chi connectivity index (χ1) is 14.5. The van der Waals surface area contributed by atoms with Crippen molar-refractivity contribution in [1.82, 2.24) is 19.6 Å². The smallest absolute Gasteiger partial charge is 0.257 e. The zero-order chi connectivity index (χ0) is 21.3. The average Bonchev–Trinajstić information content (AvgIpc) is 3.25. The third-order valence-electron chi connectivity index (χ3n) is 5.21. The van der Waals surface area contributed by atoms with Crippen LogP contribution in [-0.2, 0) is 11.3 Å². The van der Waals surface area contributed by atoms with Gasteiger partial charge in [-0.15, -0.1) is 0 Å². The van der Waals surface area contributed by atoms with Gasteiger partial charge in [-0.2, -0.15) is 5.10 Å². The molecule has 162 valence electrons. The molecule has 1 aromatic heterocycles. The number of benzene rings is 1. The quantitative estimate of drug-likeness (QED) is 0.741. The molecule has 2 amide bonds. The summed E-state index contributed by atoms with van der Waals surface area (Å²) in [6, 6.07) is 7.00. The van der Waals surface area contributed by atoms with E-state index in [1.54, 1.807) is 36.3 Å². The summed E-state index contributed by atoms with van der Waals surface area (Å²) < 4.78 is 7.72. The summed E-state index contributed by atoms with van der Waals surface area (Å²) in [7, 11) is 1.78. The molecule has 0 N–H and O–H groups in total. The summed E-state index contributed by atoms with van der Waals surface area (Å²) in [6.45, 7) is 3.13. The van der Waals surface area contributed by atoms with Crippen LogP contribution in [0.1, 0.15) is 42.5 Å². The van der Waals surface area contributed by atoms with Gasteiger partial charge >= 0.3 is 0 Å². The minimum atomic E-state index is -0.0988. The summed E-state index contributed by atoms with van der Waals surface area (Å²) in [4.78, 5) is 29.1. The van der Waals surface area contributed by atoms with Crippen LogP contribution in [0.2, 0.25) is 5.02 Å². The lowest BCUT2D eigenvalue weighted by Crippen LogP contribution is -2.34. The van der Waals surface area contributed by atoms with Gasteiger partial charge in [0.25, 0.3) is 5.91 Å². The number of rotatable bonds is 4. The van der Waals surface area contributed by atoms with Crippen molar-refractivity contribution in [1.29, 1.82) is 0 Å². The summed E-state index contributed by atoms with van der Waals surface area (Å²) in [5, 5.41) is 4.69. The van der Waals surface area contributed by atoms with E-state index in [9.17, 15) is 9.59 Å². The standard InChI is InChI=1S/C22H29ClN4O3/c1-25-11-2-3-12-26(21(28)7-4-14-27-15-5-10-24-27)13-6-16-30-20-9-8-18(23)17-19(20)22(25)29/h5,8-10,15,17H,2-4,6-7,11-14,16H2,1H3. The maximum atomic E-state index is 12.8. The first-order valence-electron chi connectivity index (χ1n) is 10.5. The predicted octanol–water partition coefficient (Wildman–Crippen LogP) is 3.48. The molecule has 0 unspecified atom stereocenters. The number of hydrogen-bond acceptors (Lipinski definition) is 4. The predicted molar refractivity (Wildman–Crippen MR) is 116 cm³/mol. The number of aryl methyl sites for hydroxylation is 1. The van der Waals surface area contributed by atoms with Gasteiger partial charge in [0.1, 0.15) is 5.75 Å². The van der Waals surface area contributed by atoms with E-state index in [-0.39, 0.29) is 11.8 Å². The van der Waals surface area contributed by atoms with Crippen molar-refractivity contribution >= 4 is 23.4 Å². The van der Waals surface area contributed by atoms with Crippen molar-refractivity contribution in [3.8, 4) is 5.75 Å². The van der Waals surface area contributed by atoms with Gasteiger partial charge in [0.2, 0.25) is 5.91 Å². The average molecular weight is 433 g/mol. The van der Waals surface area contributed by atoms with Crippen molar-refractivity contribution in [2.45, 2.75) is 38.6 Å². The van der Waals surface area contributed by atoms with Crippen molar-refractivity contribution in [3.05, 3.63) is 47.2 Å². The van der Waals surface area contributed by atoms with Crippen LogP contribution >= 0.6 is 11.6 Å².